The maximum absolute atomic E-state index is 12.8. The van der Waals surface area contributed by atoms with E-state index in [9.17, 15) is 4.39 Å². The number of halogens is 1. The molecule has 1 aromatic heterocycles. The van der Waals surface area contributed by atoms with E-state index in [1.165, 1.54) is 6.07 Å². The summed E-state index contributed by atoms with van der Waals surface area (Å²) in [7, 11) is 1.74. The Morgan fingerprint density at radius 3 is 3.00 bits per heavy atom. The lowest BCUT2D eigenvalue weighted by Gasteiger charge is -2.17. The number of aliphatic hydroxyl groups is 1. The van der Waals surface area contributed by atoms with Crippen LogP contribution < -0.4 is 4.90 Å². The summed E-state index contributed by atoms with van der Waals surface area (Å²) in [6, 6.07) is 1.25. The Labute approximate surface area is 82.2 Å². The number of rotatable bonds is 3. The van der Waals surface area contributed by atoms with Gasteiger partial charge >= 0.3 is 0 Å². The van der Waals surface area contributed by atoms with E-state index in [1.54, 1.807) is 11.9 Å². The fourth-order valence-electron chi connectivity index (χ4n) is 1.15. The highest BCUT2D eigenvalue weighted by Crippen LogP contribution is 2.16. The molecule has 0 unspecified atom stereocenters. The average Bonchev–Trinajstić information content (AvgIpc) is 2.17. The zero-order chi connectivity index (χ0) is 10.6. The van der Waals surface area contributed by atoms with Crippen LogP contribution in [0.2, 0.25) is 0 Å². The smallest absolute Gasteiger partial charge is 0.142 e. The van der Waals surface area contributed by atoms with Gasteiger partial charge in [0.15, 0.2) is 0 Å². The van der Waals surface area contributed by atoms with Gasteiger partial charge in [-0.25, -0.2) is 9.37 Å². The minimum atomic E-state index is -0.466. The molecule has 0 aliphatic heterocycles. The van der Waals surface area contributed by atoms with Crippen molar-refractivity contribution in [3.63, 3.8) is 0 Å². The van der Waals surface area contributed by atoms with Gasteiger partial charge in [0.1, 0.15) is 11.6 Å². The molecule has 74 valence electrons. The average molecular weight is 194 g/mol. The topological polar surface area (TPSA) is 36.4 Å². The summed E-state index contributed by atoms with van der Waals surface area (Å²) in [6.07, 6.45) is 6.23. The van der Waals surface area contributed by atoms with Gasteiger partial charge in [-0.1, -0.05) is 5.92 Å². The first kappa shape index (κ1) is 10.5. The van der Waals surface area contributed by atoms with Crippen molar-refractivity contribution < 1.29 is 9.50 Å². The Morgan fingerprint density at radius 2 is 2.43 bits per heavy atom. The van der Waals surface area contributed by atoms with Crippen LogP contribution in [0.3, 0.4) is 0 Å². The van der Waals surface area contributed by atoms with Crippen LogP contribution in [-0.4, -0.2) is 23.7 Å². The minimum absolute atomic E-state index is 0.255. The van der Waals surface area contributed by atoms with E-state index < -0.39 is 5.82 Å². The van der Waals surface area contributed by atoms with Gasteiger partial charge in [-0.3, -0.25) is 0 Å². The number of pyridine rings is 1. The summed E-state index contributed by atoms with van der Waals surface area (Å²) < 4.78 is 12.8. The molecule has 0 aliphatic carbocycles. The maximum atomic E-state index is 12.8. The summed E-state index contributed by atoms with van der Waals surface area (Å²) in [5.74, 6) is 2.48. The lowest BCUT2D eigenvalue weighted by Crippen LogP contribution is -2.20. The third kappa shape index (κ3) is 2.21. The van der Waals surface area contributed by atoms with E-state index in [1.807, 2.05) is 0 Å². The van der Waals surface area contributed by atoms with Crippen LogP contribution in [-0.2, 0) is 6.61 Å². The Kier molecular flexibility index (Phi) is 3.43. The summed E-state index contributed by atoms with van der Waals surface area (Å²) in [5, 5.41) is 8.97. The largest absolute Gasteiger partial charge is 0.392 e. The van der Waals surface area contributed by atoms with Crippen LogP contribution in [0.5, 0.6) is 0 Å². The van der Waals surface area contributed by atoms with Crippen molar-refractivity contribution in [3.05, 3.63) is 23.6 Å². The van der Waals surface area contributed by atoms with Gasteiger partial charge < -0.3 is 10.0 Å². The number of terminal acetylenes is 1. The first-order valence-electron chi connectivity index (χ1n) is 4.09. The highest BCUT2D eigenvalue weighted by atomic mass is 19.1. The molecule has 0 spiro atoms. The summed E-state index contributed by atoms with van der Waals surface area (Å²) in [4.78, 5) is 5.53. The van der Waals surface area contributed by atoms with E-state index in [4.69, 9.17) is 11.5 Å². The van der Waals surface area contributed by atoms with Gasteiger partial charge in [-0.05, 0) is 6.07 Å². The summed E-state index contributed by atoms with van der Waals surface area (Å²) >= 11 is 0. The Bertz CT molecular complexity index is 360. The van der Waals surface area contributed by atoms with Crippen LogP contribution in [0.1, 0.15) is 5.56 Å². The molecule has 14 heavy (non-hydrogen) atoms. The van der Waals surface area contributed by atoms with Crippen LogP contribution >= 0.6 is 0 Å². The lowest BCUT2D eigenvalue weighted by atomic mass is 10.2. The predicted octanol–water partition coefficient (Wildman–Crippen LogP) is 0.782. The third-order valence-corrected chi connectivity index (χ3v) is 1.77. The van der Waals surface area contributed by atoms with Crippen molar-refractivity contribution in [3.8, 4) is 12.3 Å². The molecule has 0 aromatic carbocycles. The zero-order valence-corrected chi connectivity index (χ0v) is 7.87. The SMILES string of the molecule is C#CCN(C)c1ncc(F)cc1CO. The number of aliphatic hydroxyl groups excluding tert-OH is 1. The van der Waals surface area contributed by atoms with Crippen molar-refractivity contribution in [1.82, 2.24) is 4.98 Å². The van der Waals surface area contributed by atoms with E-state index >= 15 is 0 Å². The molecule has 3 nitrogen and oxygen atoms in total. The second kappa shape index (κ2) is 4.58. The first-order chi connectivity index (χ1) is 6.69. The quantitative estimate of drug-likeness (QED) is 0.722. The molecule has 0 aliphatic rings. The van der Waals surface area contributed by atoms with Crippen molar-refractivity contribution in [2.75, 3.05) is 18.5 Å². The van der Waals surface area contributed by atoms with Crippen molar-refractivity contribution in [1.29, 1.82) is 0 Å². The van der Waals surface area contributed by atoms with Crippen LogP contribution in [0.4, 0.5) is 10.2 Å². The molecule has 0 saturated carbocycles. The van der Waals surface area contributed by atoms with Gasteiger partial charge in [0.2, 0.25) is 0 Å². The monoisotopic (exact) mass is 194 g/mol. The highest BCUT2D eigenvalue weighted by Gasteiger charge is 2.08. The number of aromatic nitrogens is 1. The molecule has 0 amide bonds. The van der Waals surface area contributed by atoms with Gasteiger partial charge in [0.25, 0.3) is 0 Å². The molecule has 1 rings (SSSR count). The van der Waals surface area contributed by atoms with Gasteiger partial charge in [0.05, 0.1) is 19.3 Å². The molecule has 0 atom stereocenters. The molecule has 0 saturated heterocycles. The molecule has 0 fully saturated rings. The van der Waals surface area contributed by atoms with E-state index in [2.05, 4.69) is 10.9 Å². The van der Waals surface area contributed by atoms with Crippen LogP contribution in [0, 0.1) is 18.2 Å². The molecule has 1 N–H and O–H groups in total. The Hall–Kier alpha value is -1.60. The third-order valence-electron chi connectivity index (χ3n) is 1.77. The van der Waals surface area contributed by atoms with E-state index in [-0.39, 0.29) is 6.61 Å². The summed E-state index contributed by atoms with van der Waals surface area (Å²) in [6.45, 7) is 0.112. The first-order valence-corrected chi connectivity index (χ1v) is 4.09. The molecule has 1 aromatic rings. The normalized spacial score (nSPS) is 9.57. The standard InChI is InChI=1S/C10H11FN2O/c1-3-4-13(2)10-8(7-14)5-9(11)6-12-10/h1,5-6,14H,4,7H2,2H3. The Balaban J connectivity index is 3.02. The number of nitrogens with zero attached hydrogens (tertiary/aromatic N) is 2. The number of hydrogen-bond acceptors (Lipinski definition) is 3. The minimum Gasteiger partial charge on any atom is -0.392 e. The van der Waals surface area contributed by atoms with Crippen molar-refractivity contribution in [2.24, 2.45) is 0 Å². The van der Waals surface area contributed by atoms with E-state index in [0.29, 0.717) is 17.9 Å². The number of hydrogen-bond donors (Lipinski definition) is 1. The predicted molar refractivity (Wildman–Crippen MR) is 52.2 cm³/mol. The van der Waals surface area contributed by atoms with Crippen molar-refractivity contribution >= 4 is 5.82 Å². The lowest BCUT2D eigenvalue weighted by molar-refractivity contribution is 0.281. The molecule has 0 radical (unpaired) electrons. The van der Waals surface area contributed by atoms with Crippen LogP contribution in [0.15, 0.2) is 12.3 Å². The van der Waals surface area contributed by atoms with Gasteiger partial charge in [-0.2, -0.15) is 0 Å². The molecular formula is C10H11FN2O. The fourth-order valence-corrected chi connectivity index (χ4v) is 1.15. The molecular weight excluding hydrogens is 183 g/mol. The highest BCUT2D eigenvalue weighted by molar-refractivity contribution is 5.46. The van der Waals surface area contributed by atoms with Crippen LogP contribution in [0.25, 0.3) is 0 Å². The van der Waals surface area contributed by atoms with Crippen molar-refractivity contribution in [2.45, 2.75) is 6.61 Å². The van der Waals surface area contributed by atoms with Gasteiger partial charge in [-0.15, -0.1) is 6.42 Å². The molecule has 0 bridgehead atoms. The molecule has 1 heterocycles. The second-order valence-electron chi connectivity index (χ2n) is 2.85. The van der Waals surface area contributed by atoms with E-state index in [0.717, 1.165) is 6.20 Å². The summed E-state index contributed by atoms with van der Waals surface area (Å²) in [5.41, 5.74) is 0.433. The number of anilines is 1. The zero-order valence-electron chi connectivity index (χ0n) is 7.87. The second-order valence-corrected chi connectivity index (χ2v) is 2.85. The molecule has 4 heteroatoms. The Morgan fingerprint density at radius 1 is 1.71 bits per heavy atom. The maximum Gasteiger partial charge on any atom is 0.142 e. The fraction of sp³-hybridized carbons (Fsp3) is 0.300. The van der Waals surface area contributed by atoms with Gasteiger partial charge in [0, 0.05) is 12.6 Å².